The van der Waals surface area contributed by atoms with Crippen molar-refractivity contribution >= 4 is 11.8 Å². The first-order chi connectivity index (χ1) is 8.06. The van der Waals surface area contributed by atoms with Crippen molar-refractivity contribution in [2.75, 3.05) is 0 Å². The Hall–Kier alpha value is -1.37. The highest BCUT2D eigenvalue weighted by Gasteiger charge is 2.51. The van der Waals surface area contributed by atoms with E-state index in [0.29, 0.717) is 19.3 Å². The number of carbonyl (C=O) groups is 2. The smallest absolute Gasteiger partial charge is 0.237 e. The first-order valence-electron chi connectivity index (χ1n) is 6.32. The monoisotopic (exact) mass is 236 g/mol. The summed E-state index contributed by atoms with van der Waals surface area (Å²) < 4.78 is 0. The van der Waals surface area contributed by atoms with Crippen LogP contribution < -0.4 is 0 Å². The summed E-state index contributed by atoms with van der Waals surface area (Å²) in [5, 5.41) is 9.07. The number of carbonyl (C=O) groups excluding carboxylic acids is 2. The number of imide groups is 1. The lowest BCUT2D eigenvalue weighted by atomic mass is 9.81. The van der Waals surface area contributed by atoms with Gasteiger partial charge in [-0.15, -0.1) is 0 Å². The van der Waals surface area contributed by atoms with Crippen LogP contribution in [0, 0.1) is 16.7 Å². The highest BCUT2D eigenvalue weighted by Crippen LogP contribution is 2.40. The van der Waals surface area contributed by atoms with Crippen molar-refractivity contribution in [2.24, 2.45) is 5.41 Å². The fourth-order valence-corrected chi connectivity index (χ4v) is 2.46. The third-order valence-corrected chi connectivity index (χ3v) is 3.81. The number of nitriles is 1. The van der Waals surface area contributed by atoms with Crippen LogP contribution >= 0.6 is 0 Å². The van der Waals surface area contributed by atoms with Crippen LogP contribution in [0.3, 0.4) is 0 Å². The van der Waals surface area contributed by atoms with E-state index in [1.165, 1.54) is 4.90 Å². The van der Waals surface area contributed by atoms with Gasteiger partial charge < -0.3 is 0 Å². The SMILES string of the molecule is CCCC(C#N)N1C(=O)CC(CC)(CC)C1=O. The van der Waals surface area contributed by atoms with E-state index in [-0.39, 0.29) is 18.2 Å². The fraction of sp³-hybridized carbons (Fsp3) is 0.769. The van der Waals surface area contributed by atoms with Crippen LogP contribution in [0.4, 0.5) is 0 Å². The van der Waals surface area contributed by atoms with Crippen molar-refractivity contribution in [3.8, 4) is 6.07 Å². The van der Waals surface area contributed by atoms with Gasteiger partial charge in [0.2, 0.25) is 11.8 Å². The van der Waals surface area contributed by atoms with E-state index < -0.39 is 11.5 Å². The standard InChI is InChI=1S/C13H20N2O2/c1-4-7-10(9-14)15-11(16)8-13(5-2,6-3)12(15)17/h10H,4-8H2,1-3H3. The molecule has 1 atom stereocenters. The van der Waals surface area contributed by atoms with Crippen molar-refractivity contribution in [1.29, 1.82) is 5.26 Å². The molecule has 0 spiro atoms. The van der Waals surface area contributed by atoms with Crippen LogP contribution in [0.15, 0.2) is 0 Å². The quantitative estimate of drug-likeness (QED) is 0.688. The zero-order valence-corrected chi connectivity index (χ0v) is 10.8. The molecule has 0 radical (unpaired) electrons. The lowest BCUT2D eigenvalue weighted by molar-refractivity contribution is -0.143. The summed E-state index contributed by atoms with van der Waals surface area (Å²) in [5.41, 5.74) is -0.556. The molecule has 0 bridgehead atoms. The molecule has 1 unspecified atom stereocenters. The van der Waals surface area contributed by atoms with E-state index in [0.717, 1.165) is 6.42 Å². The third-order valence-electron chi connectivity index (χ3n) is 3.81. The second-order valence-electron chi connectivity index (χ2n) is 4.67. The molecule has 1 saturated heterocycles. The van der Waals surface area contributed by atoms with Gasteiger partial charge in [0.15, 0.2) is 0 Å². The highest BCUT2D eigenvalue weighted by molar-refractivity contribution is 6.06. The molecule has 1 rings (SSSR count). The second kappa shape index (κ2) is 5.31. The average Bonchev–Trinajstić information content (AvgIpc) is 2.59. The topological polar surface area (TPSA) is 61.2 Å². The third kappa shape index (κ3) is 2.19. The number of rotatable bonds is 5. The minimum absolute atomic E-state index is 0.146. The van der Waals surface area contributed by atoms with Crippen LogP contribution in [-0.4, -0.2) is 22.8 Å². The lowest BCUT2D eigenvalue weighted by Gasteiger charge is -2.25. The molecule has 4 heteroatoms. The number of likely N-dealkylation sites (tertiary alicyclic amines) is 1. The van der Waals surface area contributed by atoms with Crippen molar-refractivity contribution < 1.29 is 9.59 Å². The molecule has 94 valence electrons. The largest absolute Gasteiger partial charge is 0.274 e. The minimum Gasteiger partial charge on any atom is -0.274 e. The summed E-state index contributed by atoms with van der Waals surface area (Å²) in [7, 11) is 0. The fourth-order valence-electron chi connectivity index (χ4n) is 2.46. The number of nitrogens with zero attached hydrogens (tertiary/aromatic N) is 2. The Balaban J connectivity index is 3.00. The maximum absolute atomic E-state index is 12.3. The molecule has 1 heterocycles. The van der Waals surface area contributed by atoms with Crippen LogP contribution in [0.2, 0.25) is 0 Å². The molecule has 17 heavy (non-hydrogen) atoms. The van der Waals surface area contributed by atoms with Gasteiger partial charge in [0.05, 0.1) is 11.5 Å². The van der Waals surface area contributed by atoms with E-state index in [4.69, 9.17) is 5.26 Å². The summed E-state index contributed by atoms with van der Waals surface area (Å²) in [6.45, 7) is 5.81. The van der Waals surface area contributed by atoms with Crippen molar-refractivity contribution in [1.82, 2.24) is 4.90 Å². The molecule has 2 amide bonds. The molecule has 0 aliphatic carbocycles. The molecular formula is C13H20N2O2. The van der Waals surface area contributed by atoms with Gasteiger partial charge in [-0.05, 0) is 19.3 Å². The van der Waals surface area contributed by atoms with E-state index >= 15 is 0 Å². The highest BCUT2D eigenvalue weighted by atomic mass is 16.2. The Morgan fingerprint density at radius 2 is 1.94 bits per heavy atom. The predicted molar refractivity (Wildman–Crippen MR) is 63.8 cm³/mol. The molecule has 0 saturated carbocycles. The van der Waals surface area contributed by atoms with Crippen LogP contribution in [-0.2, 0) is 9.59 Å². The van der Waals surface area contributed by atoms with Crippen molar-refractivity contribution in [3.63, 3.8) is 0 Å². The van der Waals surface area contributed by atoms with Crippen LogP contribution in [0.25, 0.3) is 0 Å². The molecular weight excluding hydrogens is 216 g/mol. The van der Waals surface area contributed by atoms with Gasteiger partial charge in [-0.2, -0.15) is 5.26 Å². The first-order valence-corrected chi connectivity index (χ1v) is 6.32. The Morgan fingerprint density at radius 3 is 2.29 bits per heavy atom. The summed E-state index contributed by atoms with van der Waals surface area (Å²) in [5.74, 6) is -0.328. The van der Waals surface area contributed by atoms with Gasteiger partial charge >= 0.3 is 0 Å². The first kappa shape index (κ1) is 13.7. The van der Waals surface area contributed by atoms with Crippen molar-refractivity contribution in [3.05, 3.63) is 0 Å². The molecule has 1 aliphatic rings. The molecule has 0 aromatic heterocycles. The second-order valence-corrected chi connectivity index (χ2v) is 4.67. The van der Waals surface area contributed by atoms with Crippen LogP contribution in [0.1, 0.15) is 52.9 Å². The Labute approximate surface area is 103 Å². The molecule has 0 aromatic carbocycles. The molecule has 0 N–H and O–H groups in total. The number of hydrogen-bond acceptors (Lipinski definition) is 3. The van der Waals surface area contributed by atoms with Crippen molar-refractivity contribution in [2.45, 2.75) is 58.9 Å². The Morgan fingerprint density at radius 1 is 1.35 bits per heavy atom. The zero-order chi connectivity index (χ0) is 13.1. The van der Waals surface area contributed by atoms with E-state index in [1.54, 1.807) is 0 Å². The Kier molecular flexibility index (Phi) is 4.28. The Bertz CT molecular complexity index is 353. The normalized spacial score (nSPS) is 20.5. The van der Waals surface area contributed by atoms with Gasteiger partial charge in [-0.25, -0.2) is 0 Å². The van der Waals surface area contributed by atoms with Gasteiger partial charge in [-0.3, -0.25) is 14.5 Å². The summed E-state index contributed by atoms with van der Waals surface area (Å²) >= 11 is 0. The molecule has 1 fully saturated rings. The summed E-state index contributed by atoms with van der Waals surface area (Å²) in [6.07, 6.45) is 2.95. The van der Waals surface area contributed by atoms with E-state index in [1.807, 2.05) is 20.8 Å². The van der Waals surface area contributed by atoms with Gasteiger partial charge in [-0.1, -0.05) is 27.2 Å². The van der Waals surface area contributed by atoms with E-state index in [9.17, 15) is 9.59 Å². The van der Waals surface area contributed by atoms with Gasteiger partial charge in [0.1, 0.15) is 6.04 Å². The lowest BCUT2D eigenvalue weighted by Crippen LogP contribution is -2.41. The van der Waals surface area contributed by atoms with E-state index in [2.05, 4.69) is 6.07 Å². The summed E-state index contributed by atoms with van der Waals surface area (Å²) in [6, 6.07) is 1.49. The summed E-state index contributed by atoms with van der Waals surface area (Å²) in [4.78, 5) is 25.5. The number of amides is 2. The van der Waals surface area contributed by atoms with Crippen LogP contribution in [0.5, 0.6) is 0 Å². The van der Waals surface area contributed by atoms with Gasteiger partial charge in [0.25, 0.3) is 0 Å². The zero-order valence-electron chi connectivity index (χ0n) is 10.8. The number of hydrogen-bond donors (Lipinski definition) is 0. The molecule has 0 aromatic rings. The molecule has 4 nitrogen and oxygen atoms in total. The van der Waals surface area contributed by atoms with Gasteiger partial charge in [0, 0.05) is 6.42 Å². The molecule has 1 aliphatic heterocycles. The maximum atomic E-state index is 12.3. The predicted octanol–water partition coefficient (Wildman–Crippen LogP) is 2.24. The average molecular weight is 236 g/mol. The minimum atomic E-state index is -0.583. The maximum Gasteiger partial charge on any atom is 0.237 e.